The third-order valence-corrected chi connectivity index (χ3v) is 4.76. The highest BCUT2D eigenvalue weighted by Gasteiger charge is 2.21. The van der Waals surface area contributed by atoms with Gasteiger partial charge in [-0.1, -0.05) is 12.1 Å². The van der Waals surface area contributed by atoms with E-state index < -0.39 is 0 Å². The lowest BCUT2D eigenvalue weighted by Crippen LogP contribution is -2.46. The topological polar surface area (TPSA) is 74.3 Å². The zero-order chi connectivity index (χ0) is 18.6. The first-order valence-electron chi connectivity index (χ1n) is 9.27. The average molecular weight is 365 g/mol. The Balaban J connectivity index is 1.44. The van der Waals surface area contributed by atoms with E-state index in [1.54, 1.807) is 12.3 Å². The minimum Gasteiger partial charge on any atom is -0.490 e. The first kappa shape index (κ1) is 17.5. The Labute approximate surface area is 157 Å². The molecule has 0 spiro atoms. The smallest absolute Gasteiger partial charge is 0.258 e. The molecule has 0 bridgehead atoms. The van der Waals surface area contributed by atoms with E-state index in [1.807, 2.05) is 37.3 Å². The van der Waals surface area contributed by atoms with Gasteiger partial charge in [0.2, 0.25) is 0 Å². The summed E-state index contributed by atoms with van der Waals surface area (Å²) in [6.07, 6.45) is 1.80. The molecule has 0 unspecified atom stereocenters. The van der Waals surface area contributed by atoms with Gasteiger partial charge in [-0.25, -0.2) is 9.97 Å². The van der Waals surface area contributed by atoms with Gasteiger partial charge in [0.15, 0.2) is 11.6 Å². The number of ether oxygens (including phenoxy) is 1. The van der Waals surface area contributed by atoms with Crippen LogP contribution in [0.5, 0.6) is 5.75 Å². The molecule has 2 aromatic heterocycles. The van der Waals surface area contributed by atoms with Gasteiger partial charge >= 0.3 is 0 Å². The van der Waals surface area contributed by atoms with Gasteiger partial charge in [-0.2, -0.15) is 0 Å². The molecule has 1 aromatic carbocycles. The number of nitrogens with one attached hydrogen (secondary N) is 1. The quantitative estimate of drug-likeness (QED) is 0.746. The van der Waals surface area contributed by atoms with Crippen LogP contribution in [-0.4, -0.2) is 52.6 Å². The molecular formula is C20H23N5O2. The summed E-state index contributed by atoms with van der Waals surface area (Å²) in [5, 5.41) is 0.629. The van der Waals surface area contributed by atoms with E-state index in [1.165, 1.54) is 0 Å². The van der Waals surface area contributed by atoms with E-state index in [9.17, 15) is 4.79 Å². The van der Waals surface area contributed by atoms with Crippen LogP contribution in [0.1, 0.15) is 12.7 Å². The Morgan fingerprint density at radius 3 is 2.74 bits per heavy atom. The van der Waals surface area contributed by atoms with Gasteiger partial charge in [0.1, 0.15) is 5.82 Å². The first-order valence-corrected chi connectivity index (χ1v) is 9.27. The van der Waals surface area contributed by atoms with Crippen LogP contribution in [0.15, 0.2) is 47.4 Å². The second kappa shape index (κ2) is 7.75. The largest absolute Gasteiger partial charge is 0.490 e. The van der Waals surface area contributed by atoms with E-state index >= 15 is 0 Å². The van der Waals surface area contributed by atoms with Crippen molar-refractivity contribution < 1.29 is 4.74 Å². The standard InChI is InChI=1S/C20H23N5O2/c1-2-27-17-8-5-9-21-19(17)25-12-10-24(11-13-25)14-18-22-16-7-4-3-6-15(16)20(26)23-18/h3-9H,2,10-14H2,1H3,(H,22,23,26). The number of rotatable bonds is 5. The van der Waals surface area contributed by atoms with Gasteiger partial charge < -0.3 is 14.6 Å². The van der Waals surface area contributed by atoms with Gasteiger partial charge in [0.05, 0.1) is 24.1 Å². The minimum absolute atomic E-state index is 0.0796. The number of aromatic amines is 1. The zero-order valence-electron chi connectivity index (χ0n) is 15.4. The average Bonchev–Trinajstić information content (AvgIpc) is 2.69. The highest BCUT2D eigenvalue weighted by molar-refractivity contribution is 5.77. The number of para-hydroxylation sites is 1. The molecule has 0 aliphatic carbocycles. The number of nitrogens with zero attached hydrogens (tertiary/aromatic N) is 4. The third kappa shape index (κ3) is 3.78. The first-order chi connectivity index (χ1) is 13.2. The van der Waals surface area contributed by atoms with Crippen molar-refractivity contribution in [1.29, 1.82) is 0 Å². The lowest BCUT2D eigenvalue weighted by molar-refractivity contribution is 0.242. The summed E-state index contributed by atoms with van der Waals surface area (Å²) in [6, 6.07) is 11.3. The Bertz CT molecular complexity index is 979. The maximum atomic E-state index is 12.2. The van der Waals surface area contributed by atoms with Crippen LogP contribution in [0.2, 0.25) is 0 Å². The molecular weight excluding hydrogens is 342 g/mol. The predicted molar refractivity (Wildman–Crippen MR) is 105 cm³/mol. The van der Waals surface area contributed by atoms with Gasteiger partial charge in [-0.05, 0) is 31.2 Å². The predicted octanol–water partition coefficient (Wildman–Crippen LogP) is 2.04. The van der Waals surface area contributed by atoms with E-state index in [0.29, 0.717) is 24.4 Å². The molecule has 1 saturated heterocycles. The van der Waals surface area contributed by atoms with Crippen molar-refractivity contribution in [2.24, 2.45) is 0 Å². The number of piperazine rings is 1. The molecule has 1 N–H and O–H groups in total. The molecule has 4 rings (SSSR count). The number of pyridine rings is 1. The third-order valence-electron chi connectivity index (χ3n) is 4.76. The molecule has 3 heterocycles. The molecule has 0 radical (unpaired) electrons. The summed E-state index contributed by atoms with van der Waals surface area (Å²) in [4.78, 5) is 28.8. The molecule has 0 amide bonds. The lowest BCUT2D eigenvalue weighted by atomic mass is 10.2. The van der Waals surface area contributed by atoms with Gasteiger partial charge in [0.25, 0.3) is 5.56 Å². The van der Waals surface area contributed by atoms with Crippen LogP contribution >= 0.6 is 0 Å². The number of H-pyrrole nitrogens is 1. The summed E-state index contributed by atoms with van der Waals surface area (Å²) < 4.78 is 5.70. The molecule has 0 atom stereocenters. The molecule has 1 aliphatic heterocycles. The summed E-state index contributed by atoms with van der Waals surface area (Å²) in [5.41, 5.74) is 0.661. The number of aromatic nitrogens is 3. The van der Waals surface area contributed by atoms with Crippen LogP contribution in [0, 0.1) is 0 Å². The second-order valence-electron chi connectivity index (χ2n) is 6.55. The van der Waals surface area contributed by atoms with Crippen LogP contribution in [0.25, 0.3) is 10.9 Å². The summed E-state index contributed by atoms with van der Waals surface area (Å²) >= 11 is 0. The fourth-order valence-corrected chi connectivity index (χ4v) is 3.43. The monoisotopic (exact) mass is 365 g/mol. The van der Waals surface area contributed by atoms with Crippen molar-refractivity contribution in [3.8, 4) is 5.75 Å². The minimum atomic E-state index is -0.0796. The van der Waals surface area contributed by atoms with Crippen molar-refractivity contribution in [2.75, 3.05) is 37.7 Å². The maximum absolute atomic E-state index is 12.2. The van der Waals surface area contributed by atoms with Crippen LogP contribution in [0.3, 0.4) is 0 Å². The van der Waals surface area contributed by atoms with E-state index in [2.05, 4.69) is 24.8 Å². The highest BCUT2D eigenvalue weighted by atomic mass is 16.5. The van der Waals surface area contributed by atoms with Crippen LogP contribution in [0.4, 0.5) is 5.82 Å². The Morgan fingerprint density at radius 2 is 1.93 bits per heavy atom. The van der Waals surface area contributed by atoms with Crippen molar-refractivity contribution in [1.82, 2.24) is 19.9 Å². The highest BCUT2D eigenvalue weighted by Crippen LogP contribution is 2.26. The lowest BCUT2D eigenvalue weighted by Gasteiger charge is -2.35. The number of hydrogen-bond donors (Lipinski definition) is 1. The van der Waals surface area contributed by atoms with E-state index in [-0.39, 0.29) is 5.56 Å². The molecule has 7 heteroatoms. The normalized spacial score (nSPS) is 15.2. The maximum Gasteiger partial charge on any atom is 0.258 e. The van der Waals surface area contributed by atoms with Crippen molar-refractivity contribution in [3.63, 3.8) is 0 Å². The summed E-state index contributed by atoms with van der Waals surface area (Å²) in [6.45, 7) is 6.70. The zero-order valence-corrected chi connectivity index (χ0v) is 15.4. The fourth-order valence-electron chi connectivity index (χ4n) is 3.43. The Morgan fingerprint density at radius 1 is 1.11 bits per heavy atom. The molecule has 1 fully saturated rings. The summed E-state index contributed by atoms with van der Waals surface area (Å²) in [7, 11) is 0. The van der Waals surface area contributed by atoms with Gasteiger partial charge in [-0.15, -0.1) is 0 Å². The molecule has 7 nitrogen and oxygen atoms in total. The Hall–Kier alpha value is -2.93. The van der Waals surface area contributed by atoms with Crippen molar-refractivity contribution in [3.05, 3.63) is 58.8 Å². The fraction of sp³-hybridized carbons (Fsp3) is 0.350. The van der Waals surface area contributed by atoms with Crippen LogP contribution in [-0.2, 0) is 6.54 Å². The number of hydrogen-bond acceptors (Lipinski definition) is 6. The molecule has 3 aromatic rings. The number of fused-ring (bicyclic) bond motifs is 1. The van der Waals surface area contributed by atoms with Crippen molar-refractivity contribution in [2.45, 2.75) is 13.5 Å². The number of benzene rings is 1. The second-order valence-corrected chi connectivity index (χ2v) is 6.55. The van der Waals surface area contributed by atoms with Crippen molar-refractivity contribution >= 4 is 16.7 Å². The molecule has 27 heavy (non-hydrogen) atoms. The number of anilines is 1. The van der Waals surface area contributed by atoms with Crippen LogP contribution < -0.4 is 15.2 Å². The molecule has 1 aliphatic rings. The van der Waals surface area contributed by atoms with E-state index in [4.69, 9.17) is 4.74 Å². The SMILES string of the molecule is CCOc1cccnc1N1CCN(Cc2nc3ccccc3c(=O)[nH]2)CC1. The summed E-state index contributed by atoms with van der Waals surface area (Å²) in [5.74, 6) is 2.44. The van der Waals surface area contributed by atoms with Gasteiger partial charge in [-0.3, -0.25) is 9.69 Å². The molecule has 140 valence electrons. The molecule has 0 saturated carbocycles. The van der Waals surface area contributed by atoms with E-state index in [0.717, 1.165) is 43.3 Å². The Kier molecular flexibility index (Phi) is 5.02. The van der Waals surface area contributed by atoms with Gasteiger partial charge in [0, 0.05) is 32.4 Å².